The van der Waals surface area contributed by atoms with E-state index in [-0.39, 0.29) is 28.9 Å². The zero-order chi connectivity index (χ0) is 23.5. The molecule has 0 aromatic heterocycles. The van der Waals surface area contributed by atoms with Gasteiger partial charge in [0.2, 0.25) is 15.9 Å². The highest BCUT2D eigenvalue weighted by Gasteiger charge is 2.57. The maximum absolute atomic E-state index is 13.6. The van der Waals surface area contributed by atoms with Crippen molar-refractivity contribution in [1.82, 2.24) is 9.21 Å². The maximum atomic E-state index is 13.6. The number of amides is 1. The van der Waals surface area contributed by atoms with Crippen molar-refractivity contribution in [3.63, 3.8) is 0 Å². The second-order valence-corrected chi connectivity index (χ2v) is 13.0. The van der Waals surface area contributed by atoms with Crippen molar-refractivity contribution in [1.29, 1.82) is 0 Å². The molecule has 1 amide bonds. The lowest BCUT2D eigenvalue weighted by molar-refractivity contribution is -0.150. The molecule has 7 heteroatoms. The average molecular weight is 463 g/mol. The third-order valence-electron chi connectivity index (χ3n) is 8.99. The van der Waals surface area contributed by atoms with E-state index in [1.165, 1.54) is 9.87 Å². The van der Waals surface area contributed by atoms with Crippen LogP contribution in [-0.4, -0.2) is 63.4 Å². The van der Waals surface area contributed by atoms with Crippen molar-refractivity contribution < 1.29 is 17.9 Å². The Morgan fingerprint density at radius 2 is 1.78 bits per heavy atom. The Morgan fingerprint density at radius 1 is 1.12 bits per heavy atom. The Morgan fingerprint density at radius 3 is 2.38 bits per heavy atom. The average Bonchev–Trinajstić information content (AvgIpc) is 2.75. The summed E-state index contributed by atoms with van der Waals surface area (Å²) in [6.07, 6.45) is 5.63. The third-order valence-corrected chi connectivity index (χ3v) is 10.8. The fourth-order valence-electron chi connectivity index (χ4n) is 6.30. The summed E-state index contributed by atoms with van der Waals surface area (Å²) in [6, 6.07) is 5.72. The molecule has 1 aliphatic heterocycles. The fraction of sp³-hybridized carbons (Fsp3) is 0.720. The molecule has 1 saturated heterocycles. The summed E-state index contributed by atoms with van der Waals surface area (Å²) in [4.78, 5) is 16.1. The first-order valence-corrected chi connectivity index (χ1v) is 13.3. The topological polar surface area (TPSA) is 66.9 Å². The van der Waals surface area contributed by atoms with Gasteiger partial charge >= 0.3 is 0 Å². The minimum atomic E-state index is -3.49. The predicted molar refractivity (Wildman–Crippen MR) is 125 cm³/mol. The number of ether oxygens (including phenoxy) is 1. The van der Waals surface area contributed by atoms with Gasteiger partial charge in [-0.2, -0.15) is 0 Å². The molecule has 2 fully saturated rings. The van der Waals surface area contributed by atoms with E-state index in [1.807, 2.05) is 12.1 Å². The second kappa shape index (κ2) is 8.10. The van der Waals surface area contributed by atoms with Crippen LogP contribution in [0.2, 0.25) is 0 Å². The molecule has 6 nitrogen and oxygen atoms in total. The second-order valence-electron chi connectivity index (χ2n) is 10.9. The number of hydrogen-bond donors (Lipinski definition) is 0. The number of carbonyl (C=O) groups is 1. The minimum absolute atomic E-state index is 0.0931. The third kappa shape index (κ3) is 3.51. The number of piperidine rings is 1. The molecule has 0 spiro atoms. The number of likely N-dealkylation sites (tertiary alicyclic amines) is 1. The number of benzene rings is 1. The first-order valence-electron chi connectivity index (χ1n) is 11.8. The molecular weight excluding hydrogens is 424 g/mol. The molecule has 2 bridgehead atoms. The van der Waals surface area contributed by atoms with Gasteiger partial charge in [0.1, 0.15) is 0 Å². The van der Waals surface area contributed by atoms with Crippen LogP contribution in [0.15, 0.2) is 23.1 Å². The molecule has 178 valence electrons. The summed E-state index contributed by atoms with van der Waals surface area (Å²) < 4.78 is 32.3. The lowest BCUT2D eigenvalue weighted by Gasteiger charge is -2.61. The number of fused-ring (bicyclic) bond motifs is 4. The van der Waals surface area contributed by atoms with Gasteiger partial charge in [0.15, 0.2) is 0 Å². The van der Waals surface area contributed by atoms with Crippen LogP contribution in [0.4, 0.5) is 0 Å². The molecule has 1 heterocycles. The van der Waals surface area contributed by atoms with Crippen LogP contribution in [0.1, 0.15) is 64.0 Å². The highest BCUT2D eigenvalue weighted by Crippen LogP contribution is 2.56. The van der Waals surface area contributed by atoms with Crippen molar-refractivity contribution in [2.45, 2.75) is 81.8 Å². The molecule has 2 atom stereocenters. The number of methoxy groups -OCH3 is 1. The van der Waals surface area contributed by atoms with Crippen molar-refractivity contribution >= 4 is 15.9 Å². The molecular formula is C25H38N2O4S. The van der Waals surface area contributed by atoms with Gasteiger partial charge in [-0.25, -0.2) is 12.7 Å². The predicted octanol–water partition coefficient (Wildman–Crippen LogP) is 3.58. The van der Waals surface area contributed by atoms with Crippen LogP contribution in [0.5, 0.6) is 0 Å². The number of hydrogen-bond acceptors (Lipinski definition) is 4. The molecule has 2 aliphatic carbocycles. The van der Waals surface area contributed by atoms with Gasteiger partial charge in [0.05, 0.1) is 11.0 Å². The maximum Gasteiger partial charge on any atom is 0.242 e. The number of carbonyl (C=O) groups excluding carboxylic acids is 1. The van der Waals surface area contributed by atoms with E-state index < -0.39 is 10.0 Å². The molecule has 1 aromatic rings. The largest absolute Gasteiger partial charge is 0.381 e. The highest BCUT2D eigenvalue weighted by molar-refractivity contribution is 7.89. The minimum Gasteiger partial charge on any atom is -0.381 e. The molecule has 32 heavy (non-hydrogen) atoms. The lowest BCUT2D eigenvalue weighted by Crippen LogP contribution is -2.65. The fourth-order valence-corrected chi connectivity index (χ4v) is 7.23. The van der Waals surface area contributed by atoms with Gasteiger partial charge < -0.3 is 9.64 Å². The summed E-state index contributed by atoms with van der Waals surface area (Å²) in [6.45, 7) is 7.51. The Balaban J connectivity index is 1.66. The van der Waals surface area contributed by atoms with E-state index in [0.717, 1.165) is 50.6 Å². The van der Waals surface area contributed by atoms with Crippen LogP contribution < -0.4 is 0 Å². The van der Waals surface area contributed by atoms with E-state index in [4.69, 9.17) is 4.74 Å². The van der Waals surface area contributed by atoms with Gasteiger partial charge in [-0.05, 0) is 67.2 Å². The van der Waals surface area contributed by atoms with E-state index in [0.29, 0.717) is 10.8 Å². The molecule has 4 rings (SSSR count). The summed E-state index contributed by atoms with van der Waals surface area (Å²) in [5.74, 6) is 0.394. The Kier molecular flexibility index (Phi) is 6.00. The van der Waals surface area contributed by atoms with Crippen LogP contribution >= 0.6 is 0 Å². The Labute approximate surface area is 193 Å². The zero-order valence-electron chi connectivity index (χ0n) is 20.3. The van der Waals surface area contributed by atoms with Crippen molar-refractivity contribution in [2.24, 2.45) is 11.3 Å². The molecule has 0 unspecified atom stereocenters. The van der Waals surface area contributed by atoms with Crippen LogP contribution in [0.25, 0.3) is 0 Å². The van der Waals surface area contributed by atoms with Crippen molar-refractivity contribution in [3.05, 3.63) is 29.3 Å². The zero-order valence-corrected chi connectivity index (χ0v) is 21.2. The molecule has 1 aromatic carbocycles. The first-order chi connectivity index (χ1) is 14.9. The van der Waals surface area contributed by atoms with Gasteiger partial charge in [0.25, 0.3) is 0 Å². The normalized spacial score (nSPS) is 32.0. The van der Waals surface area contributed by atoms with E-state index in [2.05, 4.69) is 25.7 Å². The van der Waals surface area contributed by atoms with Gasteiger partial charge in [-0.3, -0.25) is 4.79 Å². The van der Waals surface area contributed by atoms with Gasteiger partial charge in [-0.15, -0.1) is 0 Å². The Bertz CT molecular complexity index is 995. The molecule has 0 N–H and O–H groups in total. The Hall–Kier alpha value is -1.44. The molecule has 3 aliphatic rings. The van der Waals surface area contributed by atoms with Crippen molar-refractivity contribution in [2.75, 3.05) is 27.7 Å². The van der Waals surface area contributed by atoms with Gasteiger partial charge in [-0.1, -0.05) is 26.8 Å². The standard InChI is InChI=1S/C25H38N2O4S/c1-24(2)22-15-18-9-12-20(32(29,30)26(4)5)16-21(18)25(24,3)13-14-27(22)23(28)17-7-10-19(31-6)11-8-17/h9,12,16-17,19,22H,7-8,10-11,13-15H2,1-6H3/t17?,19?,22-,25+/m1/s1. The molecule has 1 saturated carbocycles. The highest BCUT2D eigenvalue weighted by atomic mass is 32.2. The lowest BCUT2D eigenvalue weighted by atomic mass is 9.51. The van der Waals surface area contributed by atoms with E-state index in [1.54, 1.807) is 27.3 Å². The van der Waals surface area contributed by atoms with Crippen LogP contribution in [0.3, 0.4) is 0 Å². The smallest absolute Gasteiger partial charge is 0.242 e. The van der Waals surface area contributed by atoms with E-state index >= 15 is 0 Å². The monoisotopic (exact) mass is 462 g/mol. The summed E-state index contributed by atoms with van der Waals surface area (Å²) in [7, 11) is 1.41. The quantitative estimate of drug-likeness (QED) is 0.686. The number of rotatable bonds is 4. The summed E-state index contributed by atoms with van der Waals surface area (Å²) in [5.41, 5.74) is 1.97. The summed E-state index contributed by atoms with van der Waals surface area (Å²) >= 11 is 0. The SMILES string of the molecule is COC1CCC(C(=O)N2CC[C@@]3(C)c4cc(S(=O)(=O)N(C)C)ccc4C[C@@H]2C3(C)C)CC1. The molecule has 0 radical (unpaired) electrons. The number of sulfonamides is 1. The number of nitrogens with zero attached hydrogens (tertiary/aromatic N) is 2. The van der Waals surface area contributed by atoms with E-state index in [9.17, 15) is 13.2 Å². The summed E-state index contributed by atoms with van der Waals surface area (Å²) in [5, 5.41) is 0. The first kappa shape index (κ1) is 23.7. The van der Waals surface area contributed by atoms with Crippen LogP contribution in [-0.2, 0) is 31.4 Å². The van der Waals surface area contributed by atoms with Gasteiger partial charge in [0, 0.05) is 45.1 Å². The van der Waals surface area contributed by atoms with Crippen molar-refractivity contribution in [3.8, 4) is 0 Å². The van der Waals surface area contributed by atoms with Crippen LogP contribution in [0, 0.1) is 11.3 Å².